The van der Waals surface area contributed by atoms with Gasteiger partial charge in [0.05, 0.1) is 32.0 Å². The highest BCUT2D eigenvalue weighted by Gasteiger charge is 2.51. The zero-order chi connectivity index (χ0) is 56.7. The van der Waals surface area contributed by atoms with E-state index in [4.69, 9.17) is 18.9 Å². The van der Waals surface area contributed by atoms with Gasteiger partial charge in [-0.3, -0.25) is 4.79 Å². The van der Waals surface area contributed by atoms with Gasteiger partial charge >= 0.3 is 0 Å². The number of amides is 1. The molecule has 2 rings (SSSR count). The van der Waals surface area contributed by atoms with Crippen molar-refractivity contribution in [1.82, 2.24) is 5.32 Å². The van der Waals surface area contributed by atoms with Gasteiger partial charge < -0.3 is 65.1 Å². The molecule has 0 spiro atoms. The minimum atomic E-state index is -1.78. The molecule has 78 heavy (non-hydrogen) atoms. The van der Waals surface area contributed by atoms with E-state index in [0.29, 0.717) is 19.3 Å². The number of ether oxygens (including phenoxy) is 4. The van der Waals surface area contributed by atoms with Crippen LogP contribution in [0, 0.1) is 0 Å². The third-order valence-corrected chi connectivity index (χ3v) is 15.6. The standard InChI is InChI=1S/C64H117NO13/c1-3-5-7-9-11-13-15-17-19-21-23-25-26-28-29-31-33-35-37-39-41-43-45-47-53(68)52(51-75-63-61(74)59(72)62(55(50-67)77-63)78-64-60(73)58(71)57(70)54(49-66)76-64)65-56(69)48-46-44-42-40-38-36-34-32-30-27-24-22-20-18-16-14-12-10-8-6-4-2/h6,8,12,14,18,20,24,27,52-55,57-64,66-68,70-74H,3-5,7,9-11,13,15-17,19,21-23,25-26,28-51H2,1-2H3,(H,65,69)/b8-6-,14-12-,20-18-,27-24-. The first kappa shape index (κ1) is 72.1. The average molecular weight is 1110 g/mol. The third-order valence-electron chi connectivity index (χ3n) is 15.6. The molecule has 2 aliphatic heterocycles. The Labute approximate surface area is 473 Å². The summed E-state index contributed by atoms with van der Waals surface area (Å²) in [6.45, 7) is 2.77. The first-order valence-electron chi connectivity index (χ1n) is 31.9. The summed E-state index contributed by atoms with van der Waals surface area (Å²) in [4.78, 5) is 13.3. The summed E-state index contributed by atoms with van der Waals surface area (Å²) < 4.78 is 22.9. The fraction of sp³-hybridized carbons (Fsp3) is 0.859. The van der Waals surface area contributed by atoms with Crippen LogP contribution in [0.2, 0.25) is 0 Å². The number of aliphatic hydroxyl groups is 8. The zero-order valence-corrected chi connectivity index (χ0v) is 49.2. The van der Waals surface area contributed by atoms with Gasteiger partial charge in [-0.2, -0.15) is 0 Å². The number of nitrogens with one attached hydrogen (secondary N) is 1. The molecule has 14 nitrogen and oxygen atoms in total. The van der Waals surface area contributed by atoms with Crippen LogP contribution in [-0.2, 0) is 23.7 Å². The van der Waals surface area contributed by atoms with E-state index in [1.165, 1.54) is 148 Å². The lowest BCUT2D eigenvalue weighted by molar-refractivity contribution is -0.359. The van der Waals surface area contributed by atoms with Crippen LogP contribution >= 0.6 is 0 Å². The normalized spacial score (nSPS) is 24.8. The topological polar surface area (TPSA) is 228 Å². The maximum atomic E-state index is 13.3. The Hall–Kier alpha value is -2.05. The Balaban J connectivity index is 1.73. The largest absolute Gasteiger partial charge is 0.394 e. The van der Waals surface area contributed by atoms with E-state index in [0.717, 1.165) is 77.0 Å². The molecule has 2 aliphatic rings. The highest BCUT2D eigenvalue weighted by atomic mass is 16.7. The maximum absolute atomic E-state index is 13.3. The molecular weight excluding hydrogens is 991 g/mol. The van der Waals surface area contributed by atoms with Gasteiger partial charge in [0.1, 0.15) is 48.8 Å². The first-order chi connectivity index (χ1) is 38.1. The van der Waals surface area contributed by atoms with Crippen LogP contribution in [0.1, 0.15) is 258 Å². The van der Waals surface area contributed by atoms with Gasteiger partial charge in [0.15, 0.2) is 12.6 Å². The molecular formula is C64H117NO13. The lowest BCUT2D eigenvalue weighted by Crippen LogP contribution is -2.65. The molecule has 1 amide bonds. The summed E-state index contributed by atoms with van der Waals surface area (Å²) >= 11 is 0. The number of aliphatic hydroxyl groups excluding tert-OH is 8. The van der Waals surface area contributed by atoms with E-state index in [9.17, 15) is 45.6 Å². The van der Waals surface area contributed by atoms with Crippen molar-refractivity contribution in [3.63, 3.8) is 0 Å². The van der Waals surface area contributed by atoms with Crippen molar-refractivity contribution in [2.45, 2.75) is 331 Å². The van der Waals surface area contributed by atoms with Gasteiger partial charge in [-0.1, -0.05) is 249 Å². The molecule has 456 valence electrons. The number of unbranched alkanes of at least 4 members (excludes halogenated alkanes) is 30. The van der Waals surface area contributed by atoms with Crippen LogP contribution in [0.4, 0.5) is 0 Å². The van der Waals surface area contributed by atoms with Crippen molar-refractivity contribution in [2.24, 2.45) is 0 Å². The van der Waals surface area contributed by atoms with Crippen molar-refractivity contribution in [3.8, 4) is 0 Å². The fourth-order valence-corrected chi connectivity index (χ4v) is 10.5. The second-order valence-electron chi connectivity index (χ2n) is 22.5. The monoisotopic (exact) mass is 1110 g/mol. The molecule has 0 radical (unpaired) electrons. The smallest absolute Gasteiger partial charge is 0.220 e. The van der Waals surface area contributed by atoms with Gasteiger partial charge in [-0.25, -0.2) is 0 Å². The fourth-order valence-electron chi connectivity index (χ4n) is 10.5. The van der Waals surface area contributed by atoms with E-state index < -0.39 is 86.8 Å². The van der Waals surface area contributed by atoms with Crippen molar-refractivity contribution < 1.29 is 64.6 Å². The van der Waals surface area contributed by atoms with E-state index in [1.807, 2.05) is 0 Å². The predicted molar refractivity (Wildman–Crippen MR) is 314 cm³/mol. The SMILES string of the molecule is CC/C=C\C/C=C\C/C=C\C/C=C\CCCCCCCCCCC(=O)NC(COC1OC(CO)C(OC2OC(CO)C(O)C(O)C2O)C(O)C1O)C(O)CCCCCCCCCCCCCCCCCCCCCCCCC. The number of carbonyl (C=O) groups excluding carboxylic acids is 1. The minimum Gasteiger partial charge on any atom is -0.394 e. The quantitative estimate of drug-likeness (QED) is 0.0204. The van der Waals surface area contributed by atoms with Gasteiger partial charge in [0, 0.05) is 6.42 Å². The van der Waals surface area contributed by atoms with E-state index in [1.54, 1.807) is 0 Å². The molecule has 0 aliphatic carbocycles. The second kappa shape index (κ2) is 49.5. The minimum absolute atomic E-state index is 0.214. The van der Waals surface area contributed by atoms with Crippen molar-refractivity contribution in [2.75, 3.05) is 19.8 Å². The average Bonchev–Trinajstić information content (AvgIpc) is 3.48. The zero-order valence-electron chi connectivity index (χ0n) is 49.2. The molecule has 2 heterocycles. The Morgan fingerprint density at radius 1 is 0.474 bits per heavy atom. The van der Waals surface area contributed by atoms with Crippen molar-refractivity contribution in [3.05, 3.63) is 48.6 Å². The molecule has 2 fully saturated rings. The van der Waals surface area contributed by atoms with E-state index in [2.05, 4.69) is 67.8 Å². The van der Waals surface area contributed by atoms with Crippen LogP contribution in [0.15, 0.2) is 48.6 Å². The van der Waals surface area contributed by atoms with Gasteiger partial charge in [-0.15, -0.1) is 0 Å². The second-order valence-corrected chi connectivity index (χ2v) is 22.5. The summed E-state index contributed by atoms with van der Waals surface area (Å²) in [6, 6.07) is -0.836. The molecule has 12 atom stereocenters. The number of hydrogen-bond donors (Lipinski definition) is 9. The highest BCUT2D eigenvalue weighted by molar-refractivity contribution is 5.76. The van der Waals surface area contributed by atoms with Crippen molar-refractivity contribution >= 4 is 5.91 Å². The van der Waals surface area contributed by atoms with Gasteiger partial charge in [0.2, 0.25) is 5.91 Å². The molecule has 0 aromatic rings. The number of carbonyl (C=O) groups is 1. The summed E-state index contributed by atoms with van der Waals surface area (Å²) in [5.41, 5.74) is 0. The Kier molecular flexibility index (Phi) is 45.8. The third kappa shape index (κ3) is 34.4. The maximum Gasteiger partial charge on any atom is 0.220 e. The number of rotatable bonds is 51. The molecule has 12 unspecified atom stereocenters. The van der Waals surface area contributed by atoms with Gasteiger partial charge in [-0.05, 0) is 51.4 Å². The van der Waals surface area contributed by atoms with Crippen LogP contribution in [0.5, 0.6) is 0 Å². The summed E-state index contributed by atoms with van der Waals surface area (Å²) in [6.07, 6.45) is 45.3. The van der Waals surface area contributed by atoms with Crippen LogP contribution in [-0.4, -0.2) is 140 Å². The molecule has 0 aromatic carbocycles. The van der Waals surface area contributed by atoms with E-state index >= 15 is 0 Å². The highest BCUT2D eigenvalue weighted by Crippen LogP contribution is 2.30. The van der Waals surface area contributed by atoms with Crippen LogP contribution in [0.3, 0.4) is 0 Å². The Bertz CT molecular complexity index is 1490. The predicted octanol–water partition coefficient (Wildman–Crippen LogP) is 11.6. The molecule has 14 heteroatoms. The van der Waals surface area contributed by atoms with E-state index in [-0.39, 0.29) is 12.5 Å². The van der Waals surface area contributed by atoms with Crippen LogP contribution in [0.25, 0.3) is 0 Å². The molecule has 0 aromatic heterocycles. The lowest BCUT2D eigenvalue weighted by atomic mass is 9.97. The number of allylic oxidation sites excluding steroid dienone is 8. The molecule has 0 saturated carbocycles. The first-order valence-corrected chi connectivity index (χ1v) is 31.9. The molecule has 2 saturated heterocycles. The Morgan fingerprint density at radius 2 is 0.885 bits per heavy atom. The van der Waals surface area contributed by atoms with Crippen LogP contribution < -0.4 is 5.32 Å². The summed E-state index contributed by atoms with van der Waals surface area (Å²) in [7, 11) is 0. The number of hydrogen-bond acceptors (Lipinski definition) is 13. The van der Waals surface area contributed by atoms with Crippen molar-refractivity contribution in [1.29, 1.82) is 0 Å². The molecule has 9 N–H and O–H groups in total. The lowest BCUT2D eigenvalue weighted by Gasteiger charge is -2.46. The summed E-state index contributed by atoms with van der Waals surface area (Å²) in [5.74, 6) is -0.214. The van der Waals surface area contributed by atoms with Gasteiger partial charge in [0.25, 0.3) is 0 Å². The summed E-state index contributed by atoms with van der Waals surface area (Å²) in [5, 5.41) is 87.4. The Morgan fingerprint density at radius 3 is 1.36 bits per heavy atom. The molecule has 0 bridgehead atoms.